The Kier molecular flexibility index (Phi) is 6.46. The number of anilines is 3. The van der Waals surface area contributed by atoms with E-state index in [0.717, 1.165) is 59.4 Å². The average molecular weight is 416 g/mol. The van der Waals surface area contributed by atoms with Crippen molar-refractivity contribution >= 4 is 23.2 Å². The van der Waals surface area contributed by atoms with Gasteiger partial charge in [-0.1, -0.05) is 44.2 Å². The van der Waals surface area contributed by atoms with Gasteiger partial charge < -0.3 is 15.5 Å². The molecule has 1 aromatic heterocycles. The van der Waals surface area contributed by atoms with Gasteiger partial charge in [0.15, 0.2) is 5.82 Å². The third-order valence-corrected chi connectivity index (χ3v) is 5.84. The van der Waals surface area contributed by atoms with E-state index in [-0.39, 0.29) is 6.03 Å². The lowest BCUT2D eigenvalue weighted by atomic mass is 9.99. The number of nitrogens with one attached hydrogen (secondary N) is 2. The quantitative estimate of drug-likeness (QED) is 0.570. The number of carbonyl (C=O) groups excluding carboxylic acids is 1. The van der Waals surface area contributed by atoms with Gasteiger partial charge in [0.25, 0.3) is 0 Å². The van der Waals surface area contributed by atoms with Crippen molar-refractivity contribution in [2.24, 2.45) is 5.92 Å². The summed E-state index contributed by atoms with van der Waals surface area (Å²) in [6.45, 7) is 6.46. The van der Waals surface area contributed by atoms with Crippen LogP contribution < -0.4 is 15.5 Å². The highest BCUT2D eigenvalue weighted by atomic mass is 16.2. The molecule has 2 amide bonds. The van der Waals surface area contributed by atoms with Crippen molar-refractivity contribution in [3.63, 3.8) is 0 Å². The van der Waals surface area contributed by atoms with E-state index in [2.05, 4.69) is 39.6 Å². The van der Waals surface area contributed by atoms with Gasteiger partial charge in [0.1, 0.15) is 0 Å². The maximum absolute atomic E-state index is 12.4. The van der Waals surface area contributed by atoms with Gasteiger partial charge in [-0.15, -0.1) is 10.2 Å². The summed E-state index contributed by atoms with van der Waals surface area (Å²) in [7, 11) is 0. The molecule has 0 aliphatic carbocycles. The molecule has 1 saturated heterocycles. The second-order valence-corrected chi connectivity index (χ2v) is 8.11. The number of urea groups is 1. The molecule has 0 spiro atoms. The van der Waals surface area contributed by atoms with Gasteiger partial charge in [-0.25, -0.2) is 4.79 Å². The van der Waals surface area contributed by atoms with Crippen LogP contribution in [0.15, 0.2) is 60.7 Å². The van der Waals surface area contributed by atoms with E-state index >= 15 is 0 Å². The predicted molar refractivity (Wildman–Crippen MR) is 127 cm³/mol. The van der Waals surface area contributed by atoms with Crippen LogP contribution in [-0.2, 0) is 6.42 Å². The molecule has 2 aromatic carbocycles. The number of aromatic nitrogens is 2. The highest BCUT2D eigenvalue weighted by Gasteiger charge is 2.17. The molecule has 4 rings (SSSR count). The standard InChI is InChI=1S/C25H29N5O/c1-3-19-6-4-5-7-22(19)27-25(31)26-21-10-8-20(9-11-21)23-12-13-24(29-28-23)30-16-14-18(2)15-17-30/h4-13,18H,3,14-17H2,1-2H3,(H2,26,27,31). The maximum Gasteiger partial charge on any atom is 0.323 e. The molecule has 6 heteroatoms. The van der Waals surface area contributed by atoms with Crippen molar-refractivity contribution < 1.29 is 4.79 Å². The molecule has 2 heterocycles. The molecule has 0 radical (unpaired) electrons. The summed E-state index contributed by atoms with van der Waals surface area (Å²) in [5, 5.41) is 14.7. The van der Waals surface area contributed by atoms with Crippen LogP contribution in [0.1, 0.15) is 32.3 Å². The van der Waals surface area contributed by atoms with Crippen LogP contribution in [0.2, 0.25) is 0 Å². The number of carbonyl (C=O) groups is 1. The average Bonchev–Trinajstić information content (AvgIpc) is 2.80. The third kappa shape index (κ3) is 5.20. The van der Waals surface area contributed by atoms with Crippen molar-refractivity contribution in [2.45, 2.75) is 33.1 Å². The zero-order chi connectivity index (χ0) is 21.6. The first-order chi connectivity index (χ1) is 15.1. The normalized spacial score (nSPS) is 14.3. The van der Waals surface area contributed by atoms with Crippen molar-refractivity contribution in [2.75, 3.05) is 28.6 Å². The SMILES string of the molecule is CCc1ccccc1NC(=O)Nc1ccc(-c2ccc(N3CCC(C)CC3)nn2)cc1. The molecule has 1 fully saturated rings. The zero-order valence-electron chi connectivity index (χ0n) is 18.1. The van der Waals surface area contributed by atoms with E-state index in [1.807, 2.05) is 60.7 Å². The van der Waals surface area contributed by atoms with Crippen LogP contribution >= 0.6 is 0 Å². The van der Waals surface area contributed by atoms with Crippen molar-refractivity contribution in [1.29, 1.82) is 0 Å². The fraction of sp³-hybridized carbons (Fsp3) is 0.320. The molecule has 1 aliphatic rings. The molecule has 1 aliphatic heterocycles. The van der Waals surface area contributed by atoms with Gasteiger partial charge in [0, 0.05) is 30.0 Å². The van der Waals surface area contributed by atoms with E-state index < -0.39 is 0 Å². The summed E-state index contributed by atoms with van der Waals surface area (Å²) in [5.41, 5.74) is 4.45. The highest BCUT2D eigenvalue weighted by molar-refractivity contribution is 6.00. The number of hydrogen-bond acceptors (Lipinski definition) is 4. The van der Waals surface area contributed by atoms with Crippen LogP contribution in [0.3, 0.4) is 0 Å². The number of nitrogens with zero attached hydrogens (tertiary/aromatic N) is 3. The van der Waals surface area contributed by atoms with Gasteiger partial charge in [0.2, 0.25) is 0 Å². The monoisotopic (exact) mass is 415 g/mol. The number of piperidine rings is 1. The topological polar surface area (TPSA) is 70.2 Å². The highest BCUT2D eigenvalue weighted by Crippen LogP contribution is 2.24. The second kappa shape index (κ2) is 9.60. The number of para-hydroxylation sites is 1. The summed E-state index contributed by atoms with van der Waals surface area (Å²) >= 11 is 0. The molecule has 3 aromatic rings. The lowest BCUT2D eigenvalue weighted by molar-refractivity contribution is 0.262. The maximum atomic E-state index is 12.4. The lowest BCUT2D eigenvalue weighted by Crippen LogP contribution is -2.33. The number of amides is 2. The van der Waals surface area contributed by atoms with E-state index in [1.54, 1.807) is 0 Å². The molecule has 6 nitrogen and oxygen atoms in total. The van der Waals surface area contributed by atoms with E-state index in [1.165, 1.54) is 12.8 Å². The first-order valence-electron chi connectivity index (χ1n) is 11.0. The molecule has 160 valence electrons. The molecule has 0 saturated carbocycles. The van der Waals surface area contributed by atoms with Gasteiger partial charge >= 0.3 is 6.03 Å². The fourth-order valence-corrected chi connectivity index (χ4v) is 3.85. The minimum Gasteiger partial charge on any atom is -0.355 e. The minimum atomic E-state index is -0.256. The third-order valence-electron chi connectivity index (χ3n) is 5.84. The van der Waals surface area contributed by atoms with Crippen LogP contribution in [-0.4, -0.2) is 29.3 Å². The van der Waals surface area contributed by atoms with E-state index in [0.29, 0.717) is 0 Å². The number of benzene rings is 2. The Balaban J connectivity index is 1.37. The number of rotatable bonds is 5. The molecule has 0 unspecified atom stereocenters. The Morgan fingerprint density at radius 3 is 2.39 bits per heavy atom. The Morgan fingerprint density at radius 2 is 1.71 bits per heavy atom. The molecule has 0 atom stereocenters. The Hall–Kier alpha value is -3.41. The first kappa shape index (κ1) is 20.8. The van der Waals surface area contributed by atoms with E-state index in [4.69, 9.17) is 0 Å². The van der Waals surface area contributed by atoms with Crippen LogP contribution in [0.4, 0.5) is 22.0 Å². The zero-order valence-corrected chi connectivity index (χ0v) is 18.1. The Morgan fingerprint density at radius 1 is 0.968 bits per heavy atom. The molecule has 31 heavy (non-hydrogen) atoms. The number of hydrogen-bond donors (Lipinski definition) is 2. The number of aryl methyl sites for hydroxylation is 1. The smallest absolute Gasteiger partial charge is 0.323 e. The summed E-state index contributed by atoms with van der Waals surface area (Å²) in [6.07, 6.45) is 3.27. The van der Waals surface area contributed by atoms with Crippen molar-refractivity contribution in [3.05, 3.63) is 66.2 Å². The Bertz CT molecular complexity index is 1010. The molecule has 2 N–H and O–H groups in total. The van der Waals surface area contributed by atoms with E-state index in [9.17, 15) is 4.79 Å². The van der Waals surface area contributed by atoms with Gasteiger partial charge in [-0.3, -0.25) is 0 Å². The van der Waals surface area contributed by atoms with Crippen molar-refractivity contribution in [3.8, 4) is 11.3 Å². The largest absolute Gasteiger partial charge is 0.355 e. The summed E-state index contributed by atoms with van der Waals surface area (Å²) in [5.74, 6) is 1.73. The van der Waals surface area contributed by atoms with Crippen LogP contribution in [0.5, 0.6) is 0 Å². The molecular weight excluding hydrogens is 386 g/mol. The fourth-order valence-electron chi connectivity index (χ4n) is 3.85. The summed E-state index contributed by atoms with van der Waals surface area (Å²) < 4.78 is 0. The molecular formula is C25H29N5O. The minimum absolute atomic E-state index is 0.256. The lowest BCUT2D eigenvalue weighted by Gasteiger charge is -2.30. The Labute approximate surface area is 183 Å². The summed E-state index contributed by atoms with van der Waals surface area (Å²) in [6, 6.07) is 19.3. The van der Waals surface area contributed by atoms with Gasteiger partial charge in [-0.2, -0.15) is 0 Å². The van der Waals surface area contributed by atoms with Crippen molar-refractivity contribution in [1.82, 2.24) is 10.2 Å². The first-order valence-corrected chi connectivity index (χ1v) is 11.0. The predicted octanol–water partition coefficient (Wildman–Crippen LogP) is 5.59. The summed E-state index contributed by atoms with van der Waals surface area (Å²) in [4.78, 5) is 14.7. The van der Waals surface area contributed by atoms with Gasteiger partial charge in [-0.05, 0) is 61.1 Å². The van der Waals surface area contributed by atoms with Crippen LogP contribution in [0, 0.1) is 5.92 Å². The second-order valence-electron chi connectivity index (χ2n) is 8.11. The van der Waals surface area contributed by atoms with Crippen LogP contribution in [0.25, 0.3) is 11.3 Å². The molecule has 0 bridgehead atoms. The van der Waals surface area contributed by atoms with Gasteiger partial charge in [0.05, 0.1) is 5.69 Å².